The average molecular weight is 427 g/mol. The fourth-order valence-electron chi connectivity index (χ4n) is 4.91. The summed E-state index contributed by atoms with van der Waals surface area (Å²) in [7, 11) is 0. The van der Waals surface area contributed by atoms with E-state index >= 15 is 0 Å². The van der Waals surface area contributed by atoms with Gasteiger partial charge in [0, 0.05) is 24.0 Å². The van der Waals surface area contributed by atoms with Gasteiger partial charge in [-0.2, -0.15) is 0 Å². The van der Waals surface area contributed by atoms with Gasteiger partial charge < -0.3 is 15.0 Å². The summed E-state index contributed by atoms with van der Waals surface area (Å²) in [6.45, 7) is 8.44. The van der Waals surface area contributed by atoms with Crippen LogP contribution in [0.3, 0.4) is 0 Å². The van der Waals surface area contributed by atoms with Crippen molar-refractivity contribution in [2.24, 2.45) is 0 Å². The van der Waals surface area contributed by atoms with Gasteiger partial charge in [-0.1, -0.05) is 13.3 Å². The molecule has 5 rings (SSSR count). The third-order valence-electron chi connectivity index (χ3n) is 6.52. The van der Waals surface area contributed by atoms with Gasteiger partial charge in [0.25, 0.3) is 0 Å². The van der Waals surface area contributed by atoms with Gasteiger partial charge in [0.15, 0.2) is 0 Å². The molecule has 0 atom stereocenters. The lowest BCUT2D eigenvalue weighted by atomic mass is 10.0. The molecule has 0 bridgehead atoms. The molecule has 2 aliphatic rings. The Bertz CT molecular complexity index is 1030. The van der Waals surface area contributed by atoms with Gasteiger partial charge in [-0.05, 0) is 43.2 Å². The number of nitrogens with zero attached hydrogens (tertiary/aromatic N) is 3. The summed E-state index contributed by atoms with van der Waals surface area (Å²) in [5.74, 6) is 0.974. The molecule has 30 heavy (non-hydrogen) atoms. The van der Waals surface area contributed by atoms with Gasteiger partial charge in [-0.3, -0.25) is 0 Å². The van der Waals surface area contributed by atoms with E-state index in [-0.39, 0.29) is 0 Å². The Hall–Kier alpha value is -1.83. The molecule has 0 aromatic carbocycles. The zero-order chi connectivity index (χ0) is 20.3. The number of pyridine rings is 1. The number of rotatable bonds is 8. The number of quaternary nitrogens is 1. The van der Waals surface area contributed by atoms with Crippen LogP contribution in [0.2, 0.25) is 0 Å². The van der Waals surface area contributed by atoms with Crippen LogP contribution < -0.4 is 10.2 Å². The summed E-state index contributed by atoms with van der Waals surface area (Å²) >= 11 is 1.77. The normalized spacial score (nSPS) is 17.1. The standard InChI is InChI=1S/C23H31N5OS/c1-2-3-8-18-16-6-4-7-17(16)19-20-21(30-23(19)27-18)22(26-15-25-20)24-9-5-10-28-11-13-29-14-12-28/h15H,2-14H2,1H3,(H,24,25,26)/p+1. The van der Waals surface area contributed by atoms with E-state index in [2.05, 4.69) is 17.2 Å². The van der Waals surface area contributed by atoms with Crippen molar-refractivity contribution in [3.05, 3.63) is 23.1 Å². The van der Waals surface area contributed by atoms with Gasteiger partial charge in [0.2, 0.25) is 0 Å². The number of aromatic nitrogens is 3. The number of morpholine rings is 1. The van der Waals surface area contributed by atoms with E-state index in [0.29, 0.717) is 0 Å². The van der Waals surface area contributed by atoms with Crippen LogP contribution in [0.25, 0.3) is 20.4 Å². The quantitative estimate of drug-likeness (QED) is 0.543. The maximum Gasteiger partial charge on any atom is 0.147 e. The van der Waals surface area contributed by atoms with Crippen LogP contribution in [0, 0.1) is 0 Å². The lowest BCUT2D eigenvalue weighted by Crippen LogP contribution is -3.14. The number of aryl methyl sites for hydroxylation is 2. The Morgan fingerprint density at radius 3 is 2.87 bits per heavy atom. The average Bonchev–Trinajstić information content (AvgIpc) is 3.40. The van der Waals surface area contributed by atoms with Crippen LogP contribution in [0.4, 0.5) is 5.82 Å². The third-order valence-corrected chi connectivity index (χ3v) is 7.60. The number of nitrogens with one attached hydrogen (secondary N) is 2. The number of hydrogen-bond donors (Lipinski definition) is 2. The highest BCUT2D eigenvalue weighted by atomic mass is 32.1. The summed E-state index contributed by atoms with van der Waals surface area (Å²) in [5, 5.41) is 4.89. The molecule has 0 saturated carbocycles. The van der Waals surface area contributed by atoms with E-state index < -0.39 is 0 Å². The maximum absolute atomic E-state index is 5.46. The van der Waals surface area contributed by atoms with Crippen LogP contribution >= 0.6 is 11.3 Å². The highest BCUT2D eigenvalue weighted by Gasteiger charge is 2.24. The molecule has 0 radical (unpaired) electrons. The van der Waals surface area contributed by atoms with Crippen molar-refractivity contribution in [3.8, 4) is 0 Å². The fraction of sp³-hybridized carbons (Fsp3) is 0.609. The van der Waals surface area contributed by atoms with Gasteiger partial charge in [-0.15, -0.1) is 11.3 Å². The number of fused-ring (bicyclic) bond motifs is 5. The molecule has 2 N–H and O–H groups in total. The number of anilines is 1. The Kier molecular flexibility index (Phi) is 6.11. The number of thiophene rings is 1. The third kappa shape index (κ3) is 3.90. The highest BCUT2D eigenvalue weighted by Crippen LogP contribution is 2.41. The van der Waals surface area contributed by atoms with Crippen molar-refractivity contribution >= 4 is 37.6 Å². The van der Waals surface area contributed by atoms with Crippen molar-refractivity contribution in [1.29, 1.82) is 0 Å². The highest BCUT2D eigenvalue weighted by molar-refractivity contribution is 7.26. The largest absolute Gasteiger partial charge is 0.370 e. The van der Waals surface area contributed by atoms with Crippen LogP contribution in [-0.4, -0.2) is 54.3 Å². The van der Waals surface area contributed by atoms with Crippen molar-refractivity contribution in [1.82, 2.24) is 15.0 Å². The van der Waals surface area contributed by atoms with E-state index in [0.717, 1.165) is 68.3 Å². The molecule has 1 aliphatic carbocycles. The second kappa shape index (κ2) is 9.12. The minimum Gasteiger partial charge on any atom is -0.370 e. The van der Waals surface area contributed by atoms with Crippen molar-refractivity contribution < 1.29 is 9.64 Å². The molecule has 0 spiro atoms. The van der Waals surface area contributed by atoms with E-state index in [9.17, 15) is 0 Å². The first-order valence-electron chi connectivity index (χ1n) is 11.6. The van der Waals surface area contributed by atoms with Crippen LogP contribution in [0.5, 0.6) is 0 Å². The summed E-state index contributed by atoms with van der Waals surface area (Å²) < 4.78 is 6.62. The van der Waals surface area contributed by atoms with E-state index in [1.165, 1.54) is 59.1 Å². The fourth-order valence-corrected chi connectivity index (χ4v) is 6.05. The summed E-state index contributed by atoms with van der Waals surface area (Å²) in [6.07, 6.45) is 9.97. The van der Waals surface area contributed by atoms with Gasteiger partial charge in [0.05, 0.1) is 30.0 Å². The monoisotopic (exact) mass is 426 g/mol. The number of unbranched alkanes of at least 4 members (excludes halogenated alkanes) is 1. The minimum absolute atomic E-state index is 0.897. The first-order chi connectivity index (χ1) is 14.8. The Labute approximate surface area is 182 Å². The maximum atomic E-state index is 5.46. The predicted octanol–water partition coefficient (Wildman–Crippen LogP) is 2.79. The Morgan fingerprint density at radius 1 is 1.13 bits per heavy atom. The molecule has 1 saturated heterocycles. The summed E-state index contributed by atoms with van der Waals surface area (Å²) in [4.78, 5) is 17.2. The van der Waals surface area contributed by atoms with Gasteiger partial charge in [0.1, 0.15) is 30.1 Å². The topological polar surface area (TPSA) is 64.4 Å². The predicted molar refractivity (Wildman–Crippen MR) is 123 cm³/mol. The Balaban J connectivity index is 1.39. The SMILES string of the molecule is CCCCc1nc2sc3c(NCCC[NH+]4CCOCC4)ncnc3c2c2c1CCC2. The van der Waals surface area contributed by atoms with E-state index in [1.807, 2.05) is 0 Å². The molecule has 160 valence electrons. The molecule has 1 aliphatic heterocycles. The van der Waals surface area contributed by atoms with Crippen LogP contribution in [0.15, 0.2) is 6.33 Å². The second-order valence-corrected chi connectivity index (χ2v) is 9.55. The smallest absolute Gasteiger partial charge is 0.147 e. The zero-order valence-electron chi connectivity index (χ0n) is 17.9. The van der Waals surface area contributed by atoms with Gasteiger partial charge >= 0.3 is 0 Å². The van der Waals surface area contributed by atoms with Crippen molar-refractivity contribution in [2.45, 2.75) is 51.9 Å². The molecule has 3 aromatic heterocycles. The van der Waals surface area contributed by atoms with Crippen LogP contribution in [-0.2, 0) is 24.0 Å². The molecular weight excluding hydrogens is 394 g/mol. The van der Waals surface area contributed by atoms with Crippen LogP contribution in [0.1, 0.15) is 49.4 Å². The first-order valence-corrected chi connectivity index (χ1v) is 12.4. The lowest BCUT2D eigenvalue weighted by molar-refractivity contribution is -0.908. The minimum atomic E-state index is 0.897. The summed E-state index contributed by atoms with van der Waals surface area (Å²) in [5.41, 5.74) is 5.45. The molecule has 7 heteroatoms. The molecule has 0 unspecified atom stereocenters. The zero-order valence-corrected chi connectivity index (χ0v) is 18.7. The second-order valence-electron chi connectivity index (χ2n) is 8.55. The number of ether oxygens (including phenoxy) is 1. The lowest BCUT2D eigenvalue weighted by Gasteiger charge is -2.23. The van der Waals surface area contributed by atoms with Gasteiger partial charge in [-0.25, -0.2) is 15.0 Å². The molecule has 1 fully saturated rings. The summed E-state index contributed by atoms with van der Waals surface area (Å²) in [6, 6.07) is 0. The van der Waals surface area contributed by atoms with E-state index in [4.69, 9.17) is 14.7 Å². The molecular formula is C23H32N5OS+. The Morgan fingerprint density at radius 2 is 2.00 bits per heavy atom. The van der Waals surface area contributed by atoms with Crippen molar-refractivity contribution in [3.63, 3.8) is 0 Å². The molecule has 3 aromatic rings. The molecule has 4 heterocycles. The van der Waals surface area contributed by atoms with E-state index in [1.54, 1.807) is 22.6 Å². The number of hydrogen-bond acceptors (Lipinski definition) is 6. The molecule has 0 amide bonds. The molecule has 6 nitrogen and oxygen atoms in total. The first kappa shape index (κ1) is 20.1. The van der Waals surface area contributed by atoms with Crippen molar-refractivity contribution in [2.75, 3.05) is 44.7 Å².